The minimum Gasteiger partial charge on any atom is -0.480 e. The number of hydrogen-bond acceptors (Lipinski definition) is 3. The molecule has 19 heavy (non-hydrogen) atoms. The topological polar surface area (TPSA) is 80.4 Å². The summed E-state index contributed by atoms with van der Waals surface area (Å²) in [5.41, 5.74) is 6.32. The van der Waals surface area contributed by atoms with Crippen LogP contribution in [0.4, 0.5) is 0 Å². The van der Waals surface area contributed by atoms with E-state index >= 15 is 0 Å². The van der Waals surface area contributed by atoms with Gasteiger partial charge in [-0.25, -0.2) is 0 Å². The van der Waals surface area contributed by atoms with Crippen LogP contribution in [0.1, 0.15) is 32.3 Å². The molecule has 104 valence electrons. The van der Waals surface area contributed by atoms with Gasteiger partial charge in [-0.3, -0.25) is 9.59 Å². The number of carboxylic acid groups (broad SMARTS) is 1. The van der Waals surface area contributed by atoms with E-state index in [1.165, 1.54) is 0 Å². The average Bonchev–Trinajstić information content (AvgIpc) is 2.40. The summed E-state index contributed by atoms with van der Waals surface area (Å²) < 4.78 is -0.986. The van der Waals surface area contributed by atoms with Crippen molar-refractivity contribution in [1.29, 1.82) is 0 Å². The van der Waals surface area contributed by atoms with E-state index in [1.807, 2.05) is 37.3 Å². The van der Waals surface area contributed by atoms with Gasteiger partial charge in [-0.1, -0.05) is 44.2 Å². The van der Waals surface area contributed by atoms with Crippen LogP contribution >= 0.6 is 11.8 Å². The van der Waals surface area contributed by atoms with Crippen LogP contribution in [0.25, 0.3) is 0 Å². The van der Waals surface area contributed by atoms with Crippen molar-refractivity contribution in [2.24, 2.45) is 5.73 Å². The molecule has 0 unspecified atom stereocenters. The summed E-state index contributed by atoms with van der Waals surface area (Å²) in [5.74, 6) is -1.41. The van der Waals surface area contributed by atoms with Gasteiger partial charge in [-0.05, 0) is 18.4 Å². The fourth-order valence-electron chi connectivity index (χ4n) is 1.99. The molecule has 3 N–H and O–H groups in total. The van der Waals surface area contributed by atoms with Gasteiger partial charge in [0.2, 0.25) is 5.91 Å². The third kappa shape index (κ3) is 3.29. The Labute approximate surface area is 117 Å². The highest BCUT2D eigenvalue weighted by Gasteiger charge is 2.41. The maximum atomic E-state index is 11.9. The molecule has 0 radical (unpaired) electrons. The lowest BCUT2D eigenvalue weighted by molar-refractivity contribution is -0.136. The molecule has 1 amide bonds. The second-order valence-corrected chi connectivity index (χ2v) is 5.77. The molecule has 1 aromatic carbocycles. The summed E-state index contributed by atoms with van der Waals surface area (Å²) in [5, 5.41) is 8.54. The summed E-state index contributed by atoms with van der Waals surface area (Å²) >= 11 is 1.13. The van der Waals surface area contributed by atoms with E-state index in [2.05, 4.69) is 0 Å². The molecule has 0 heterocycles. The first-order chi connectivity index (χ1) is 8.97. The molecule has 5 heteroatoms. The molecule has 4 nitrogen and oxygen atoms in total. The summed E-state index contributed by atoms with van der Waals surface area (Å²) in [6.45, 7) is 3.64. The number of carboxylic acids is 1. The third-order valence-electron chi connectivity index (χ3n) is 3.13. The Bertz CT molecular complexity index is 449. The van der Waals surface area contributed by atoms with Crippen LogP contribution in [-0.4, -0.2) is 22.2 Å². The number of carbonyl (C=O) groups is 2. The van der Waals surface area contributed by atoms with E-state index in [0.29, 0.717) is 12.8 Å². The number of rotatable bonds is 7. The lowest BCUT2D eigenvalue weighted by Gasteiger charge is -2.31. The van der Waals surface area contributed by atoms with Crippen molar-refractivity contribution in [1.82, 2.24) is 0 Å². The van der Waals surface area contributed by atoms with Gasteiger partial charge < -0.3 is 10.8 Å². The van der Waals surface area contributed by atoms with Gasteiger partial charge in [-0.2, -0.15) is 0 Å². The van der Waals surface area contributed by atoms with Crippen LogP contribution in [0.5, 0.6) is 0 Å². The van der Waals surface area contributed by atoms with Crippen molar-refractivity contribution < 1.29 is 14.7 Å². The first-order valence-electron chi connectivity index (χ1n) is 6.24. The number of benzene rings is 1. The monoisotopic (exact) mass is 281 g/mol. The predicted molar refractivity (Wildman–Crippen MR) is 76.9 cm³/mol. The van der Waals surface area contributed by atoms with Gasteiger partial charge in [-0.15, -0.1) is 11.8 Å². The van der Waals surface area contributed by atoms with Crippen molar-refractivity contribution >= 4 is 23.6 Å². The minimum absolute atomic E-state index is 0.446. The molecule has 0 aromatic heterocycles. The maximum absolute atomic E-state index is 11.9. The largest absolute Gasteiger partial charge is 0.480 e. The Morgan fingerprint density at radius 2 is 1.89 bits per heavy atom. The molecule has 0 fully saturated rings. The number of thioether (sulfide) groups is 1. The summed E-state index contributed by atoms with van der Waals surface area (Å²) in [4.78, 5) is 23.1. The molecule has 0 saturated heterocycles. The first-order valence-corrected chi connectivity index (χ1v) is 7.12. The van der Waals surface area contributed by atoms with E-state index in [9.17, 15) is 14.7 Å². The molecule has 1 aromatic rings. The van der Waals surface area contributed by atoms with Gasteiger partial charge in [0.25, 0.3) is 0 Å². The quantitative estimate of drug-likeness (QED) is 0.804. The van der Waals surface area contributed by atoms with Crippen LogP contribution in [0.3, 0.4) is 0 Å². The molecule has 0 aliphatic rings. The number of amides is 1. The highest BCUT2D eigenvalue weighted by Crippen LogP contribution is 2.42. The second-order valence-electron chi connectivity index (χ2n) is 4.26. The molecule has 0 aliphatic carbocycles. The van der Waals surface area contributed by atoms with E-state index < -0.39 is 21.9 Å². The van der Waals surface area contributed by atoms with Crippen LogP contribution in [-0.2, 0) is 14.3 Å². The molecular weight excluding hydrogens is 262 g/mol. The number of aliphatic carboxylic acids is 1. The number of carbonyl (C=O) groups excluding carboxylic acids is 1. The third-order valence-corrected chi connectivity index (χ3v) is 5.07. The van der Waals surface area contributed by atoms with Gasteiger partial charge in [0.05, 0.1) is 0 Å². The van der Waals surface area contributed by atoms with Crippen molar-refractivity contribution in [2.75, 3.05) is 0 Å². The van der Waals surface area contributed by atoms with Gasteiger partial charge in [0.15, 0.2) is 0 Å². The van der Waals surface area contributed by atoms with Crippen LogP contribution in [0.15, 0.2) is 30.3 Å². The lowest BCUT2D eigenvalue weighted by atomic mass is 9.95. The smallest absolute Gasteiger partial charge is 0.316 e. The zero-order valence-corrected chi connectivity index (χ0v) is 11.9. The Morgan fingerprint density at radius 3 is 2.26 bits per heavy atom. The zero-order chi connectivity index (χ0) is 14.5. The van der Waals surface area contributed by atoms with E-state index in [4.69, 9.17) is 5.73 Å². The fourth-order valence-corrected chi connectivity index (χ4v) is 3.30. The zero-order valence-electron chi connectivity index (χ0n) is 11.1. The fraction of sp³-hybridized carbons (Fsp3) is 0.429. The van der Waals surface area contributed by atoms with Crippen LogP contribution in [0.2, 0.25) is 0 Å². The van der Waals surface area contributed by atoms with Crippen LogP contribution < -0.4 is 5.73 Å². The van der Waals surface area contributed by atoms with Crippen molar-refractivity contribution in [3.8, 4) is 0 Å². The molecule has 0 bridgehead atoms. The van der Waals surface area contributed by atoms with E-state index in [1.54, 1.807) is 6.92 Å². The molecule has 0 saturated carbocycles. The van der Waals surface area contributed by atoms with Gasteiger partial charge in [0.1, 0.15) is 10.00 Å². The molecular formula is C14H19NO3S. The van der Waals surface area contributed by atoms with E-state index in [-0.39, 0.29) is 0 Å². The van der Waals surface area contributed by atoms with Gasteiger partial charge in [0, 0.05) is 0 Å². The Balaban J connectivity index is 3.21. The molecule has 1 rings (SSSR count). The molecule has 0 aliphatic heterocycles. The standard InChI is InChI=1S/C14H19NO3S/c1-3-11(12(16)17)19-14(4-2,13(15)18)10-8-6-5-7-9-10/h5-9,11H,3-4H2,1-2H3,(H2,15,18)(H,16,17)/t11-,14-/m1/s1. The first kappa shape index (κ1) is 15.6. The normalized spacial score (nSPS) is 15.5. The highest BCUT2D eigenvalue weighted by atomic mass is 32.2. The average molecular weight is 281 g/mol. The minimum atomic E-state index is -0.986. The number of primary amides is 1. The van der Waals surface area contributed by atoms with Crippen molar-refractivity contribution in [3.05, 3.63) is 35.9 Å². The van der Waals surface area contributed by atoms with Crippen LogP contribution in [0, 0.1) is 0 Å². The Kier molecular flexibility index (Phi) is 5.42. The molecule has 2 atom stereocenters. The number of nitrogens with two attached hydrogens (primary N) is 1. The molecule has 0 spiro atoms. The second kappa shape index (κ2) is 6.61. The SMILES string of the molecule is CC[C@@H](S[C@@](CC)(C(N)=O)c1ccccc1)C(=O)O. The maximum Gasteiger partial charge on any atom is 0.316 e. The van der Waals surface area contributed by atoms with Gasteiger partial charge >= 0.3 is 5.97 Å². The Hall–Kier alpha value is -1.49. The summed E-state index contributed by atoms with van der Waals surface area (Å²) in [7, 11) is 0. The van der Waals surface area contributed by atoms with E-state index in [0.717, 1.165) is 17.3 Å². The lowest BCUT2D eigenvalue weighted by Crippen LogP contribution is -2.40. The Morgan fingerprint density at radius 1 is 1.32 bits per heavy atom. The highest BCUT2D eigenvalue weighted by molar-refractivity contribution is 8.02. The predicted octanol–water partition coefficient (Wildman–Crippen LogP) is 2.37. The summed E-state index contributed by atoms with van der Waals surface area (Å²) in [6, 6.07) is 9.13. The van der Waals surface area contributed by atoms with Crippen molar-refractivity contribution in [3.63, 3.8) is 0 Å². The van der Waals surface area contributed by atoms with Crippen molar-refractivity contribution in [2.45, 2.75) is 36.7 Å². The number of hydrogen-bond donors (Lipinski definition) is 2. The summed E-state index contributed by atoms with van der Waals surface area (Å²) in [6.07, 6.45) is 0.905.